The van der Waals surface area contributed by atoms with Gasteiger partial charge in [0.25, 0.3) is 0 Å². The number of H-pyrrole nitrogens is 1. The molecule has 0 spiro atoms. The number of pyridine rings is 1. The summed E-state index contributed by atoms with van der Waals surface area (Å²) in [5.74, 6) is -0.750. The summed E-state index contributed by atoms with van der Waals surface area (Å²) in [7, 11) is 0. The van der Waals surface area contributed by atoms with Crippen LogP contribution in [0.2, 0.25) is 5.02 Å². The van der Waals surface area contributed by atoms with Crippen LogP contribution in [0.25, 0.3) is 22.5 Å². The van der Waals surface area contributed by atoms with Crippen LogP contribution in [0.4, 0.5) is 23.2 Å². The number of nitrogens with zero attached hydrogens (tertiary/aromatic N) is 4. The standard InChI is InChI=1S/C23H15ClF4N6O/c24-17-10-13(1-4-18(17)25)22(6-7-22)21(35)30-14-2-3-15(16(11-14)20-31-33-34-32-20)12-5-8-29-19(9-12)23(26,27)28/h1-5,8-11H,6-7H2,(H,30,35)(H,31,32,33,34). The molecule has 2 heterocycles. The lowest BCUT2D eigenvalue weighted by molar-refractivity contribution is -0.141. The van der Waals surface area contributed by atoms with E-state index in [1.54, 1.807) is 18.2 Å². The Balaban J connectivity index is 1.50. The van der Waals surface area contributed by atoms with Gasteiger partial charge in [0.15, 0.2) is 0 Å². The molecule has 5 rings (SSSR count). The van der Waals surface area contributed by atoms with E-state index in [9.17, 15) is 22.4 Å². The monoisotopic (exact) mass is 502 g/mol. The fraction of sp³-hybridized carbons (Fsp3) is 0.174. The van der Waals surface area contributed by atoms with E-state index in [2.05, 4.69) is 30.9 Å². The van der Waals surface area contributed by atoms with E-state index in [0.717, 1.165) is 12.3 Å². The average molecular weight is 503 g/mol. The number of nitrogens with one attached hydrogen (secondary N) is 2. The number of carbonyl (C=O) groups is 1. The smallest absolute Gasteiger partial charge is 0.325 e. The van der Waals surface area contributed by atoms with E-state index < -0.39 is 23.1 Å². The number of alkyl halides is 3. The Morgan fingerprint density at radius 1 is 1.06 bits per heavy atom. The van der Waals surface area contributed by atoms with Crippen LogP contribution in [0.5, 0.6) is 0 Å². The number of carbonyl (C=O) groups excluding carboxylic acids is 1. The summed E-state index contributed by atoms with van der Waals surface area (Å²) in [6.07, 6.45) is -2.42. The molecular formula is C23H15ClF4N6O. The summed E-state index contributed by atoms with van der Waals surface area (Å²) in [5, 5.41) is 16.5. The summed E-state index contributed by atoms with van der Waals surface area (Å²) < 4.78 is 53.2. The van der Waals surface area contributed by atoms with E-state index in [1.807, 2.05) is 0 Å². The largest absolute Gasteiger partial charge is 0.433 e. The van der Waals surface area contributed by atoms with Gasteiger partial charge in [0.05, 0.1) is 10.4 Å². The molecule has 4 aromatic rings. The zero-order valence-corrected chi connectivity index (χ0v) is 18.5. The van der Waals surface area contributed by atoms with Crippen molar-refractivity contribution in [3.63, 3.8) is 0 Å². The highest BCUT2D eigenvalue weighted by Crippen LogP contribution is 2.50. The van der Waals surface area contributed by atoms with Gasteiger partial charge in [-0.25, -0.2) is 4.39 Å². The summed E-state index contributed by atoms with van der Waals surface area (Å²) in [6, 6.07) is 11.2. The molecule has 1 amide bonds. The first kappa shape index (κ1) is 22.9. The Kier molecular flexibility index (Phi) is 5.51. The molecule has 0 bridgehead atoms. The number of halogens is 5. The molecule has 0 aliphatic heterocycles. The van der Waals surface area contributed by atoms with Crippen molar-refractivity contribution >= 4 is 23.2 Å². The lowest BCUT2D eigenvalue weighted by Gasteiger charge is -2.17. The molecule has 1 saturated carbocycles. The van der Waals surface area contributed by atoms with Gasteiger partial charge in [-0.2, -0.15) is 18.4 Å². The van der Waals surface area contributed by atoms with Gasteiger partial charge < -0.3 is 5.32 Å². The van der Waals surface area contributed by atoms with Crippen molar-refractivity contribution in [3.8, 4) is 22.5 Å². The second-order valence-corrected chi connectivity index (χ2v) is 8.50. The first-order valence-electron chi connectivity index (χ1n) is 10.4. The highest BCUT2D eigenvalue weighted by atomic mass is 35.5. The fourth-order valence-corrected chi connectivity index (χ4v) is 4.08. The zero-order valence-electron chi connectivity index (χ0n) is 17.7. The molecule has 0 radical (unpaired) electrons. The quantitative estimate of drug-likeness (QED) is 0.356. The van der Waals surface area contributed by atoms with Crippen LogP contribution in [-0.2, 0) is 16.4 Å². The number of tetrazole rings is 1. The highest BCUT2D eigenvalue weighted by molar-refractivity contribution is 6.30. The molecule has 1 fully saturated rings. The second-order valence-electron chi connectivity index (χ2n) is 8.09. The van der Waals surface area contributed by atoms with Crippen molar-refractivity contribution in [1.82, 2.24) is 25.6 Å². The molecule has 0 saturated heterocycles. The first-order valence-corrected chi connectivity index (χ1v) is 10.7. The van der Waals surface area contributed by atoms with Gasteiger partial charge in [-0.05, 0) is 71.1 Å². The van der Waals surface area contributed by atoms with Crippen LogP contribution in [-0.4, -0.2) is 31.5 Å². The number of hydrogen-bond acceptors (Lipinski definition) is 5. The van der Waals surface area contributed by atoms with Gasteiger partial charge in [0.2, 0.25) is 11.7 Å². The van der Waals surface area contributed by atoms with E-state index >= 15 is 0 Å². The number of amides is 1. The lowest BCUT2D eigenvalue weighted by Crippen LogP contribution is -2.27. The Hall–Kier alpha value is -3.86. The summed E-state index contributed by atoms with van der Waals surface area (Å²) in [5.41, 5.74) is 0.0877. The molecule has 2 aromatic carbocycles. The van der Waals surface area contributed by atoms with E-state index in [0.29, 0.717) is 35.2 Å². The Morgan fingerprint density at radius 2 is 1.86 bits per heavy atom. The van der Waals surface area contributed by atoms with Crippen LogP contribution < -0.4 is 5.32 Å². The number of anilines is 1. The van der Waals surface area contributed by atoms with Gasteiger partial charge in [-0.3, -0.25) is 9.78 Å². The van der Waals surface area contributed by atoms with Crippen molar-refractivity contribution in [2.75, 3.05) is 5.32 Å². The topological polar surface area (TPSA) is 96.5 Å². The fourth-order valence-electron chi connectivity index (χ4n) is 3.90. The molecule has 12 heteroatoms. The normalized spacial score (nSPS) is 14.5. The molecule has 0 unspecified atom stereocenters. The maximum absolute atomic E-state index is 13.6. The predicted molar refractivity (Wildman–Crippen MR) is 119 cm³/mol. The van der Waals surface area contributed by atoms with Crippen LogP contribution in [0.1, 0.15) is 24.1 Å². The molecule has 1 aliphatic rings. The average Bonchev–Trinajstić information content (AvgIpc) is 3.46. The van der Waals surface area contributed by atoms with Crippen molar-refractivity contribution in [2.24, 2.45) is 0 Å². The number of hydrogen-bond donors (Lipinski definition) is 2. The third kappa shape index (κ3) is 4.34. The Morgan fingerprint density at radius 3 is 2.51 bits per heavy atom. The van der Waals surface area contributed by atoms with Crippen LogP contribution in [0, 0.1) is 5.82 Å². The molecule has 2 aromatic heterocycles. The molecule has 7 nitrogen and oxygen atoms in total. The van der Waals surface area contributed by atoms with Gasteiger partial charge in [0, 0.05) is 17.4 Å². The number of aromatic amines is 1. The van der Waals surface area contributed by atoms with E-state index in [-0.39, 0.29) is 22.3 Å². The Labute approximate surface area is 200 Å². The summed E-state index contributed by atoms with van der Waals surface area (Å²) in [4.78, 5) is 16.6. The number of aromatic nitrogens is 5. The second kappa shape index (κ2) is 8.42. The number of benzene rings is 2. The number of rotatable bonds is 5. The SMILES string of the molecule is O=C(Nc1ccc(-c2ccnc(C(F)(F)F)c2)c(-c2nn[nH]n2)c1)C1(c2ccc(F)c(Cl)c2)CC1. The van der Waals surface area contributed by atoms with E-state index in [1.165, 1.54) is 24.3 Å². The van der Waals surface area contributed by atoms with Crippen LogP contribution >= 0.6 is 11.6 Å². The molecule has 35 heavy (non-hydrogen) atoms. The van der Waals surface area contributed by atoms with Crippen molar-refractivity contribution in [2.45, 2.75) is 24.4 Å². The van der Waals surface area contributed by atoms with E-state index in [4.69, 9.17) is 11.6 Å². The van der Waals surface area contributed by atoms with Gasteiger partial charge in [0.1, 0.15) is 11.5 Å². The minimum Gasteiger partial charge on any atom is -0.325 e. The maximum Gasteiger partial charge on any atom is 0.433 e. The van der Waals surface area contributed by atoms with Crippen molar-refractivity contribution < 1.29 is 22.4 Å². The minimum atomic E-state index is -4.61. The third-order valence-corrected chi connectivity index (χ3v) is 6.17. The maximum atomic E-state index is 13.6. The first-order chi connectivity index (χ1) is 16.7. The molecule has 1 aliphatic carbocycles. The molecule has 0 atom stereocenters. The van der Waals surface area contributed by atoms with Gasteiger partial charge in [-0.1, -0.05) is 23.7 Å². The van der Waals surface area contributed by atoms with Crippen LogP contribution in [0.15, 0.2) is 54.7 Å². The predicted octanol–water partition coefficient (Wildman–Crippen LogP) is 5.41. The third-order valence-electron chi connectivity index (χ3n) is 5.88. The van der Waals surface area contributed by atoms with Crippen molar-refractivity contribution in [1.29, 1.82) is 0 Å². The lowest BCUT2D eigenvalue weighted by atomic mass is 9.94. The van der Waals surface area contributed by atoms with Crippen LogP contribution in [0.3, 0.4) is 0 Å². The summed E-state index contributed by atoms with van der Waals surface area (Å²) >= 11 is 5.90. The van der Waals surface area contributed by atoms with Crippen molar-refractivity contribution in [3.05, 3.63) is 76.8 Å². The minimum absolute atomic E-state index is 0.0686. The zero-order chi connectivity index (χ0) is 24.8. The Bertz CT molecular complexity index is 1420. The molecule has 178 valence electrons. The van der Waals surface area contributed by atoms with Gasteiger partial charge in [-0.15, -0.1) is 10.2 Å². The summed E-state index contributed by atoms with van der Waals surface area (Å²) in [6.45, 7) is 0. The molecular weight excluding hydrogens is 488 g/mol. The van der Waals surface area contributed by atoms with Gasteiger partial charge >= 0.3 is 6.18 Å². The molecule has 2 N–H and O–H groups in total. The highest BCUT2D eigenvalue weighted by Gasteiger charge is 2.51.